The predicted molar refractivity (Wildman–Crippen MR) is 70.2 cm³/mol. The highest BCUT2D eigenvalue weighted by atomic mass is 19.4. The van der Waals surface area contributed by atoms with Crippen molar-refractivity contribution in [2.75, 3.05) is 5.73 Å². The van der Waals surface area contributed by atoms with E-state index in [1.807, 2.05) is 0 Å². The number of benzene rings is 1. The maximum Gasteiger partial charge on any atom is 0.409 e. The van der Waals surface area contributed by atoms with E-state index in [4.69, 9.17) is 5.73 Å². The zero-order valence-electron chi connectivity index (χ0n) is 10.2. The maximum atomic E-state index is 12.9. The number of hydrogen-bond acceptors (Lipinski definition) is 4. The average Bonchev–Trinajstić information content (AvgIpc) is 2.88. The number of hydrogen-bond donors (Lipinski definition) is 3. The maximum absolute atomic E-state index is 12.9. The van der Waals surface area contributed by atoms with Crippen LogP contribution in [0.25, 0.3) is 16.5 Å². The first kappa shape index (κ1) is 12.7. The molecule has 0 saturated carbocycles. The molecule has 1 atom stereocenters. The number of halogens is 3. The highest BCUT2D eigenvalue weighted by Crippen LogP contribution is 2.34. The van der Waals surface area contributed by atoms with Crippen LogP contribution >= 0.6 is 0 Å². The van der Waals surface area contributed by atoms with Crippen LogP contribution in [0, 0.1) is 0 Å². The number of rotatable bonds is 1. The average molecular weight is 280 g/mol. The van der Waals surface area contributed by atoms with Gasteiger partial charge in [0.2, 0.25) is 0 Å². The Kier molecular flexibility index (Phi) is 2.79. The largest absolute Gasteiger partial charge is 0.409 e. The van der Waals surface area contributed by atoms with E-state index in [-0.39, 0.29) is 5.57 Å². The Morgan fingerprint density at radius 3 is 2.75 bits per heavy atom. The third-order valence-corrected chi connectivity index (χ3v) is 3.20. The fourth-order valence-corrected chi connectivity index (χ4v) is 2.22. The minimum atomic E-state index is -4.37. The Morgan fingerprint density at radius 1 is 1.20 bits per heavy atom. The van der Waals surface area contributed by atoms with Crippen molar-refractivity contribution in [3.05, 3.63) is 42.2 Å². The van der Waals surface area contributed by atoms with Crippen molar-refractivity contribution in [2.45, 2.75) is 12.2 Å². The van der Waals surface area contributed by atoms with Crippen molar-refractivity contribution in [2.24, 2.45) is 0 Å². The minimum absolute atomic E-state index is 0.127. The second-order valence-corrected chi connectivity index (χ2v) is 4.50. The lowest BCUT2D eigenvalue weighted by Gasteiger charge is -2.18. The first-order valence-electron chi connectivity index (χ1n) is 5.89. The van der Waals surface area contributed by atoms with Crippen LogP contribution in [0.5, 0.6) is 0 Å². The number of nitrogen functional groups attached to an aromatic ring is 1. The van der Waals surface area contributed by atoms with Crippen LogP contribution in [-0.2, 0) is 0 Å². The van der Waals surface area contributed by atoms with Crippen molar-refractivity contribution in [3.8, 4) is 0 Å². The molecule has 0 spiro atoms. The molecule has 7 heteroatoms. The van der Waals surface area contributed by atoms with Gasteiger partial charge in [-0.1, -0.05) is 6.07 Å². The number of aromatic nitrogens is 1. The van der Waals surface area contributed by atoms with E-state index in [1.165, 1.54) is 6.20 Å². The van der Waals surface area contributed by atoms with E-state index < -0.39 is 12.2 Å². The van der Waals surface area contributed by atoms with Crippen LogP contribution in [-0.4, -0.2) is 17.2 Å². The van der Waals surface area contributed by atoms with Gasteiger partial charge in [-0.25, -0.2) is 5.43 Å². The van der Waals surface area contributed by atoms with Crippen molar-refractivity contribution < 1.29 is 13.2 Å². The summed E-state index contributed by atoms with van der Waals surface area (Å²) in [4.78, 5) is 4.12. The normalized spacial score (nSPS) is 18.9. The molecule has 4 N–H and O–H groups in total. The molecule has 0 bridgehead atoms. The van der Waals surface area contributed by atoms with E-state index in [9.17, 15) is 13.2 Å². The molecule has 104 valence electrons. The molecule has 3 rings (SSSR count). The van der Waals surface area contributed by atoms with Crippen LogP contribution in [0.3, 0.4) is 0 Å². The molecule has 1 aliphatic rings. The van der Waals surface area contributed by atoms with Gasteiger partial charge in [0.25, 0.3) is 0 Å². The molecule has 0 amide bonds. The number of anilines is 1. The lowest BCUT2D eigenvalue weighted by molar-refractivity contribution is -0.141. The van der Waals surface area contributed by atoms with Crippen LogP contribution in [0.2, 0.25) is 0 Å². The third kappa shape index (κ3) is 2.05. The summed E-state index contributed by atoms with van der Waals surface area (Å²) in [5, 5.41) is 0.638. The van der Waals surface area contributed by atoms with E-state index >= 15 is 0 Å². The fraction of sp³-hybridized carbons (Fsp3) is 0.154. The number of nitrogens with zero attached hydrogens (tertiary/aromatic N) is 1. The van der Waals surface area contributed by atoms with Gasteiger partial charge in [0.05, 0.1) is 5.52 Å². The predicted octanol–water partition coefficient (Wildman–Crippen LogP) is 2.20. The number of nitrogens with two attached hydrogens (primary N) is 1. The molecule has 1 aromatic carbocycles. The summed E-state index contributed by atoms with van der Waals surface area (Å²) >= 11 is 0. The van der Waals surface area contributed by atoms with Gasteiger partial charge in [-0.15, -0.1) is 0 Å². The van der Waals surface area contributed by atoms with Gasteiger partial charge < -0.3 is 11.2 Å². The number of nitrogens with one attached hydrogen (secondary N) is 2. The molecule has 1 aromatic heterocycles. The summed E-state index contributed by atoms with van der Waals surface area (Å²) in [5.74, 6) is 0. The zero-order chi connectivity index (χ0) is 14.3. The molecule has 0 aliphatic carbocycles. The zero-order valence-corrected chi connectivity index (χ0v) is 10.2. The molecule has 0 saturated heterocycles. The molecule has 2 heterocycles. The highest BCUT2D eigenvalue weighted by molar-refractivity contribution is 5.92. The number of alkyl halides is 3. The van der Waals surface area contributed by atoms with Gasteiger partial charge in [-0.3, -0.25) is 4.98 Å². The monoisotopic (exact) mass is 280 g/mol. The number of fused-ring (bicyclic) bond motifs is 1. The first-order chi connectivity index (χ1) is 9.47. The van der Waals surface area contributed by atoms with E-state index in [2.05, 4.69) is 15.8 Å². The van der Waals surface area contributed by atoms with Crippen molar-refractivity contribution in [1.29, 1.82) is 0 Å². The molecule has 0 fully saturated rings. The highest BCUT2D eigenvalue weighted by Gasteiger charge is 2.44. The Bertz CT molecular complexity index is 694. The quantitative estimate of drug-likeness (QED) is 0.749. The van der Waals surface area contributed by atoms with Gasteiger partial charge in [-0.2, -0.15) is 13.2 Å². The van der Waals surface area contributed by atoms with Crippen LogP contribution in [0.1, 0.15) is 5.56 Å². The Hall–Kier alpha value is -2.28. The summed E-state index contributed by atoms with van der Waals surface area (Å²) in [6, 6.07) is 4.77. The lowest BCUT2D eigenvalue weighted by atomic mass is 9.98. The molecular weight excluding hydrogens is 269 g/mol. The lowest BCUT2D eigenvalue weighted by Crippen LogP contribution is -2.43. The van der Waals surface area contributed by atoms with Gasteiger partial charge in [-0.05, 0) is 23.8 Å². The Labute approximate surface area is 112 Å². The summed E-state index contributed by atoms with van der Waals surface area (Å²) in [7, 11) is 0. The van der Waals surface area contributed by atoms with Crippen molar-refractivity contribution in [3.63, 3.8) is 0 Å². The Morgan fingerprint density at radius 2 is 2.00 bits per heavy atom. The van der Waals surface area contributed by atoms with E-state index in [0.29, 0.717) is 22.2 Å². The standard InChI is InChI=1S/C13H11F3N4/c14-13(15,16)12-9(6-19-20-12)7-1-2-11-8(5-7)10(17)3-4-18-11/h1-6,12,19-20H,(H2,17,18). The van der Waals surface area contributed by atoms with Gasteiger partial charge >= 0.3 is 6.18 Å². The summed E-state index contributed by atoms with van der Waals surface area (Å²) in [5.41, 5.74) is 12.2. The van der Waals surface area contributed by atoms with Crippen LogP contribution in [0.15, 0.2) is 36.7 Å². The second-order valence-electron chi connectivity index (χ2n) is 4.50. The van der Waals surface area contributed by atoms with Crippen molar-refractivity contribution in [1.82, 2.24) is 15.8 Å². The number of pyridine rings is 1. The molecule has 1 aliphatic heterocycles. The third-order valence-electron chi connectivity index (χ3n) is 3.20. The van der Waals surface area contributed by atoms with Crippen LogP contribution in [0.4, 0.5) is 18.9 Å². The molecule has 20 heavy (non-hydrogen) atoms. The Balaban J connectivity index is 2.09. The summed E-state index contributed by atoms with van der Waals surface area (Å²) < 4.78 is 38.7. The number of hydrazine groups is 1. The molecule has 1 unspecified atom stereocenters. The summed E-state index contributed by atoms with van der Waals surface area (Å²) in [6.45, 7) is 0. The fourth-order valence-electron chi connectivity index (χ4n) is 2.22. The smallest absolute Gasteiger partial charge is 0.398 e. The molecule has 4 nitrogen and oxygen atoms in total. The second kappa shape index (κ2) is 4.38. The van der Waals surface area contributed by atoms with Gasteiger partial charge in [0.1, 0.15) is 6.04 Å². The SMILES string of the molecule is Nc1ccnc2ccc(C3=CNNC3C(F)(F)F)cc12. The van der Waals surface area contributed by atoms with Crippen LogP contribution < -0.4 is 16.6 Å². The summed E-state index contributed by atoms with van der Waals surface area (Å²) in [6.07, 6.45) is -1.50. The van der Waals surface area contributed by atoms with E-state index in [1.54, 1.807) is 30.5 Å². The molecular formula is C13H11F3N4. The first-order valence-corrected chi connectivity index (χ1v) is 5.89. The van der Waals surface area contributed by atoms with Gasteiger partial charge in [0, 0.05) is 29.0 Å². The van der Waals surface area contributed by atoms with Gasteiger partial charge in [0.15, 0.2) is 0 Å². The molecule has 0 radical (unpaired) electrons. The minimum Gasteiger partial charge on any atom is -0.398 e. The van der Waals surface area contributed by atoms with Crippen molar-refractivity contribution >= 4 is 22.2 Å². The molecule has 2 aromatic rings. The topological polar surface area (TPSA) is 63.0 Å². The van der Waals surface area contributed by atoms with E-state index in [0.717, 1.165) is 0 Å².